The molecule has 0 aromatic rings. The van der Waals surface area contributed by atoms with Crippen molar-refractivity contribution in [3.63, 3.8) is 0 Å². The lowest BCUT2D eigenvalue weighted by molar-refractivity contribution is -0.134. The first-order valence-electron chi connectivity index (χ1n) is 5.09. The van der Waals surface area contributed by atoms with E-state index in [-0.39, 0.29) is 37.7 Å². The van der Waals surface area contributed by atoms with Crippen molar-refractivity contribution in [1.82, 2.24) is 5.32 Å². The molecule has 0 aliphatic heterocycles. The SMILES string of the molecule is C#CC(COC)NC(=O)CC1CC(F)(F)C1. The molecular formula is C11H15F2NO2. The van der Waals surface area contributed by atoms with Crippen LogP contribution in [0, 0.1) is 18.3 Å². The smallest absolute Gasteiger partial charge is 0.248 e. The number of carbonyl (C=O) groups excluding carboxylic acids is 1. The molecule has 16 heavy (non-hydrogen) atoms. The summed E-state index contributed by atoms with van der Waals surface area (Å²) in [5, 5.41) is 2.55. The summed E-state index contributed by atoms with van der Waals surface area (Å²) in [6, 6.07) is -0.488. The van der Waals surface area contributed by atoms with Crippen LogP contribution in [0.2, 0.25) is 0 Å². The number of ether oxygens (including phenoxy) is 1. The van der Waals surface area contributed by atoms with Crippen LogP contribution >= 0.6 is 0 Å². The van der Waals surface area contributed by atoms with Crippen LogP contribution in [0.4, 0.5) is 8.78 Å². The molecule has 90 valence electrons. The van der Waals surface area contributed by atoms with Gasteiger partial charge in [-0.1, -0.05) is 5.92 Å². The van der Waals surface area contributed by atoms with Crippen molar-refractivity contribution in [2.75, 3.05) is 13.7 Å². The average Bonchev–Trinajstić information content (AvgIpc) is 2.14. The number of rotatable bonds is 5. The number of alkyl halides is 2. The number of hydrogen-bond donors (Lipinski definition) is 1. The van der Waals surface area contributed by atoms with Crippen LogP contribution in [-0.2, 0) is 9.53 Å². The summed E-state index contributed by atoms with van der Waals surface area (Å²) in [6.07, 6.45) is 4.87. The maximum Gasteiger partial charge on any atom is 0.248 e. The predicted octanol–water partition coefficient (Wildman–Crippen LogP) is 1.19. The summed E-state index contributed by atoms with van der Waals surface area (Å²) in [5.74, 6) is -0.743. The molecule has 0 bridgehead atoms. The van der Waals surface area contributed by atoms with Gasteiger partial charge in [0.1, 0.15) is 6.04 Å². The molecule has 0 aromatic heterocycles. The van der Waals surface area contributed by atoms with Gasteiger partial charge in [0.2, 0.25) is 11.8 Å². The Hall–Kier alpha value is -1.15. The van der Waals surface area contributed by atoms with Gasteiger partial charge in [-0.25, -0.2) is 8.78 Å². The molecule has 1 saturated carbocycles. The van der Waals surface area contributed by atoms with E-state index in [4.69, 9.17) is 11.2 Å². The highest BCUT2D eigenvalue weighted by Gasteiger charge is 2.45. The van der Waals surface area contributed by atoms with E-state index in [0.29, 0.717) is 0 Å². The Balaban J connectivity index is 2.24. The molecule has 1 rings (SSSR count). The van der Waals surface area contributed by atoms with Gasteiger partial charge in [0.15, 0.2) is 0 Å². The highest BCUT2D eigenvalue weighted by Crippen LogP contribution is 2.43. The number of halogens is 2. The van der Waals surface area contributed by atoms with Crippen LogP contribution in [0.1, 0.15) is 19.3 Å². The minimum absolute atomic E-state index is 0.109. The largest absolute Gasteiger partial charge is 0.382 e. The fraction of sp³-hybridized carbons (Fsp3) is 0.727. The van der Waals surface area contributed by atoms with Gasteiger partial charge in [-0.2, -0.15) is 0 Å². The van der Waals surface area contributed by atoms with Crippen LogP contribution in [0.5, 0.6) is 0 Å². The third kappa shape index (κ3) is 3.78. The molecule has 0 saturated heterocycles. The number of hydrogen-bond acceptors (Lipinski definition) is 2. The van der Waals surface area contributed by atoms with Gasteiger partial charge < -0.3 is 10.1 Å². The maximum atomic E-state index is 12.5. The van der Waals surface area contributed by atoms with E-state index >= 15 is 0 Å². The van der Waals surface area contributed by atoms with E-state index in [2.05, 4.69) is 11.2 Å². The lowest BCUT2D eigenvalue weighted by Gasteiger charge is -2.34. The molecule has 1 unspecified atom stereocenters. The van der Waals surface area contributed by atoms with Crippen LogP contribution in [0.3, 0.4) is 0 Å². The fourth-order valence-electron chi connectivity index (χ4n) is 1.74. The number of amides is 1. The Morgan fingerprint density at radius 1 is 1.69 bits per heavy atom. The standard InChI is InChI=1S/C11H15F2NO2/c1-3-9(7-16-2)14-10(15)4-8-5-11(12,13)6-8/h1,8-9H,4-7H2,2H3,(H,14,15). The van der Waals surface area contributed by atoms with Gasteiger partial charge in [0.05, 0.1) is 6.61 Å². The molecule has 1 aliphatic rings. The Kier molecular flexibility index (Phi) is 4.25. The number of nitrogens with one attached hydrogen (secondary N) is 1. The Morgan fingerprint density at radius 3 is 2.75 bits per heavy atom. The number of methoxy groups -OCH3 is 1. The summed E-state index contributed by atoms with van der Waals surface area (Å²) >= 11 is 0. The van der Waals surface area contributed by atoms with Crippen LogP contribution < -0.4 is 5.32 Å². The van der Waals surface area contributed by atoms with Crippen LogP contribution in [-0.4, -0.2) is 31.6 Å². The van der Waals surface area contributed by atoms with E-state index in [1.165, 1.54) is 7.11 Å². The first kappa shape index (κ1) is 12.9. The Bertz CT molecular complexity index is 291. The monoisotopic (exact) mass is 231 g/mol. The zero-order chi connectivity index (χ0) is 12.2. The topological polar surface area (TPSA) is 38.3 Å². The highest BCUT2D eigenvalue weighted by atomic mass is 19.3. The molecular weight excluding hydrogens is 216 g/mol. The normalized spacial score (nSPS) is 20.6. The quantitative estimate of drug-likeness (QED) is 0.722. The molecule has 0 radical (unpaired) electrons. The molecule has 1 amide bonds. The third-order valence-corrected chi connectivity index (χ3v) is 2.52. The molecule has 0 aromatic carbocycles. The van der Waals surface area contributed by atoms with Crippen molar-refractivity contribution in [2.24, 2.45) is 5.92 Å². The lowest BCUT2D eigenvalue weighted by Crippen LogP contribution is -2.42. The molecule has 0 heterocycles. The second-order valence-corrected chi connectivity index (χ2v) is 4.08. The first-order valence-corrected chi connectivity index (χ1v) is 5.09. The lowest BCUT2D eigenvalue weighted by atomic mass is 9.79. The van der Waals surface area contributed by atoms with Crippen LogP contribution in [0.25, 0.3) is 0 Å². The second kappa shape index (κ2) is 5.26. The first-order chi connectivity index (χ1) is 7.46. The van der Waals surface area contributed by atoms with Gasteiger partial charge in [0.25, 0.3) is 0 Å². The Labute approximate surface area is 93.5 Å². The van der Waals surface area contributed by atoms with Gasteiger partial charge in [-0.15, -0.1) is 6.42 Å². The fourth-order valence-corrected chi connectivity index (χ4v) is 1.74. The molecule has 5 heteroatoms. The van der Waals surface area contributed by atoms with Crippen molar-refractivity contribution in [1.29, 1.82) is 0 Å². The van der Waals surface area contributed by atoms with Gasteiger partial charge >= 0.3 is 0 Å². The summed E-state index contributed by atoms with van der Waals surface area (Å²) in [5.41, 5.74) is 0. The number of carbonyl (C=O) groups is 1. The van der Waals surface area contributed by atoms with E-state index in [1.807, 2.05) is 0 Å². The van der Waals surface area contributed by atoms with Gasteiger partial charge in [0, 0.05) is 26.4 Å². The second-order valence-electron chi connectivity index (χ2n) is 4.08. The zero-order valence-electron chi connectivity index (χ0n) is 9.13. The molecule has 1 aliphatic carbocycles. The van der Waals surface area contributed by atoms with Gasteiger partial charge in [-0.05, 0) is 5.92 Å². The molecule has 0 spiro atoms. The van der Waals surface area contributed by atoms with Crippen molar-refractivity contribution in [3.8, 4) is 12.3 Å². The molecule has 1 N–H and O–H groups in total. The van der Waals surface area contributed by atoms with Crippen LogP contribution in [0.15, 0.2) is 0 Å². The minimum atomic E-state index is -2.58. The van der Waals surface area contributed by atoms with E-state index in [0.717, 1.165) is 0 Å². The summed E-state index contributed by atoms with van der Waals surface area (Å²) < 4.78 is 29.8. The predicted molar refractivity (Wildman–Crippen MR) is 54.9 cm³/mol. The molecule has 1 atom stereocenters. The Morgan fingerprint density at radius 2 is 2.31 bits per heavy atom. The third-order valence-electron chi connectivity index (χ3n) is 2.52. The van der Waals surface area contributed by atoms with E-state index in [9.17, 15) is 13.6 Å². The van der Waals surface area contributed by atoms with E-state index < -0.39 is 12.0 Å². The molecule has 3 nitrogen and oxygen atoms in total. The number of terminal acetylenes is 1. The average molecular weight is 231 g/mol. The summed E-state index contributed by atoms with van der Waals surface area (Å²) in [4.78, 5) is 11.4. The summed E-state index contributed by atoms with van der Waals surface area (Å²) in [6.45, 7) is 0.225. The van der Waals surface area contributed by atoms with E-state index in [1.54, 1.807) is 0 Å². The zero-order valence-corrected chi connectivity index (χ0v) is 9.13. The highest BCUT2D eigenvalue weighted by molar-refractivity contribution is 5.77. The van der Waals surface area contributed by atoms with Crippen molar-refractivity contribution in [3.05, 3.63) is 0 Å². The summed E-state index contributed by atoms with van der Waals surface area (Å²) in [7, 11) is 1.48. The maximum absolute atomic E-state index is 12.5. The van der Waals surface area contributed by atoms with Crippen molar-refractivity contribution < 1.29 is 18.3 Å². The molecule has 1 fully saturated rings. The van der Waals surface area contributed by atoms with Crippen molar-refractivity contribution >= 4 is 5.91 Å². The van der Waals surface area contributed by atoms with Crippen molar-refractivity contribution in [2.45, 2.75) is 31.2 Å². The minimum Gasteiger partial charge on any atom is -0.382 e. The van der Waals surface area contributed by atoms with Gasteiger partial charge in [-0.3, -0.25) is 4.79 Å².